The molecule has 2 aromatic rings. The summed E-state index contributed by atoms with van der Waals surface area (Å²) in [5.74, 6) is -0.412. The Bertz CT molecular complexity index is 599. The highest BCUT2D eigenvalue weighted by molar-refractivity contribution is 6.31. The molecule has 0 unspecified atom stereocenters. The Kier molecular flexibility index (Phi) is 3.48. The number of hydrogen-bond acceptors (Lipinski definition) is 3. The van der Waals surface area contributed by atoms with Crippen molar-refractivity contribution in [3.8, 4) is 11.5 Å². The summed E-state index contributed by atoms with van der Waals surface area (Å²) in [6.45, 7) is 1.85. The van der Waals surface area contributed by atoms with E-state index in [0.717, 1.165) is 5.56 Å². The van der Waals surface area contributed by atoms with Gasteiger partial charge >= 0.3 is 5.97 Å². The summed E-state index contributed by atoms with van der Waals surface area (Å²) in [6.07, 6.45) is 2.96. The van der Waals surface area contributed by atoms with Crippen molar-refractivity contribution in [3.05, 3.63) is 52.8 Å². The number of carboxylic acid groups (broad SMARTS) is 1. The molecule has 92 valence electrons. The minimum absolute atomic E-state index is 0.0912. The molecule has 1 aromatic carbocycles. The van der Waals surface area contributed by atoms with Crippen molar-refractivity contribution in [1.29, 1.82) is 0 Å². The van der Waals surface area contributed by atoms with E-state index in [0.29, 0.717) is 10.8 Å². The van der Waals surface area contributed by atoms with Gasteiger partial charge in [0.25, 0.3) is 0 Å². The van der Waals surface area contributed by atoms with Crippen LogP contribution in [0.25, 0.3) is 0 Å². The van der Waals surface area contributed by atoms with Gasteiger partial charge in [-0.2, -0.15) is 0 Å². The highest BCUT2D eigenvalue weighted by Gasteiger charge is 2.13. The highest BCUT2D eigenvalue weighted by atomic mass is 35.5. The summed E-state index contributed by atoms with van der Waals surface area (Å²) in [7, 11) is 0. The number of pyridine rings is 1. The van der Waals surface area contributed by atoms with E-state index in [4.69, 9.17) is 21.4 Å². The maximum atomic E-state index is 11.1. The van der Waals surface area contributed by atoms with Crippen LogP contribution in [0, 0.1) is 6.92 Å². The van der Waals surface area contributed by atoms with E-state index in [1.165, 1.54) is 18.5 Å². The summed E-state index contributed by atoms with van der Waals surface area (Å²) in [5, 5.41) is 9.41. The average Bonchev–Trinajstić information content (AvgIpc) is 2.32. The van der Waals surface area contributed by atoms with Crippen LogP contribution in [0.15, 0.2) is 36.7 Å². The van der Waals surface area contributed by atoms with Crippen LogP contribution in [-0.2, 0) is 0 Å². The van der Waals surface area contributed by atoms with E-state index < -0.39 is 5.97 Å². The highest BCUT2D eigenvalue weighted by Crippen LogP contribution is 2.30. The number of hydrogen-bond donors (Lipinski definition) is 1. The molecule has 0 atom stereocenters. The van der Waals surface area contributed by atoms with Crippen LogP contribution in [0.5, 0.6) is 11.5 Å². The van der Waals surface area contributed by atoms with E-state index in [-0.39, 0.29) is 11.3 Å². The van der Waals surface area contributed by atoms with Gasteiger partial charge in [0.2, 0.25) is 0 Å². The molecule has 0 aliphatic heterocycles. The minimum Gasteiger partial charge on any atom is -0.478 e. The second-order valence-electron chi connectivity index (χ2n) is 3.71. The number of rotatable bonds is 3. The lowest BCUT2D eigenvalue weighted by atomic mass is 10.1. The molecule has 0 saturated carbocycles. The molecular weight excluding hydrogens is 254 g/mol. The number of carbonyl (C=O) groups is 1. The maximum Gasteiger partial charge on any atom is 0.339 e. The Balaban J connectivity index is 2.42. The molecule has 0 aliphatic carbocycles. The number of carboxylic acids is 1. The van der Waals surface area contributed by atoms with Gasteiger partial charge in [0.05, 0.1) is 0 Å². The van der Waals surface area contributed by atoms with Crippen LogP contribution in [0.2, 0.25) is 5.02 Å². The summed E-state index contributed by atoms with van der Waals surface area (Å²) in [4.78, 5) is 14.9. The van der Waals surface area contributed by atoms with Crippen LogP contribution in [0.4, 0.5) is 0 Å². The third-order valence-electron chi connectivity index (χ3n) is 2.32. The van der Waals surface area contributed by atoms with Gasteiger partial charge in [-0.25, -0.2) is 4.79 Å². The Hall–Kier alpha value is -2.07. The van der Waals surface area contributed by atoms with E-state index in [2.05, 4.69) is 4.98 Å². The molecule has 1 aromatic heterocycles. The quantitative estimate of drug-likeness (QED) is 0.920. The van der Waals surface area contributed by atoms with Crippen molar-refractivity contribution >= 4 is 17.6 Å². The number of ether oxygens (including phenoxy) is 1. The fourth-order valence-corrected chi connectivity index (χ4v) is 1.61. The molecule has 0 radical (unpaired) electrons. The number of benzene rings is 1. The fourth-order valence-electron chi connectivity index (χ4n) is 1.45. The lowest BCUT2D eigenvalue weighted by Gasteiger charge is -2.10. The van der Waals surface area contributed by atoms with Gasteiger partial charge in [-0.1, -0.05) is 17.7 Å². The van der Waals surface area contributed by atoms with Gasteiger partial charge in [-0.05, 0) is 24.6 Å². The second-order valence-corrected chi connectivity index (χ2v) is 4.12. The molecular formula is C13H10ClNO3. The first-order valence-corrected chi connectivity index (χ1v) is 5.57. The van der Waals surface area contributed by atoms with Crippen LogP contribution >= 0.6 is 11.6 Å². The molecule has 0 saturated heterocycles. The Morgan fingerprint density at radius 2 is 2.11 bits per heavy atom. The van der Waals surface area contributed by atoms with Crippen molar-refractivity contribution in [2.24, 2.45) is 0 Å². The SMILES string of the molecule is Cc1ccc(C(=O)O)c(Oc2ccncc2Cl)c1. The summed E-state index contributed by atoms with van der Waals surface area (Å²) in [5.41, 5.74) is 0.994. The van der Waals surface area contributed by atoms with E-state index in [9.17, 15) is 4.79 Å². The molecule has 5 heteroatoms. The van der Waals surface area contributed by atoms with Crippen molar-refractivity contribution in [2.75, 3.05) is 0 Å². The van der Waals surface area contributed by atoms with Crippen molar-refractivity contribution < 1.29 is 14.6 Å². The summed E-state index contributed by atoms with van der Waals surface area (Å²) < 4.78 is 5.53. The molecule has 0 amide bonds. The summed E-state index contributed by atoms with van der Waals surface area (Å²) >= 11 is 5.91. The van der Waals surface area contributed by atoms with Crippen molar-refractivity contribution in [2.45, 2.75) is 6.92 Å². The van der Waals surface area contributed by atoms with E-state index in [1.807, 2.05) is 6.92 Å². The summed E-state index contributed by atoms with van der Waals surface area (Å²) in [6, 6.07) is 6.45. The smallest absolute Gasteiger partial charge is 0.339 e. The van der Waals surface area contributed by atoms with Gasteiger partial charge in [-0.15, -0.1) is 0 Å². The molecule has 2 rings (SSSR count). The van der Waals surface area contributed by atoms with Crippen LogP contribution in [0.3, 0.4) is 0 Å². The molecule has 1 heterocycles. The maximum absolute atomic E-state index is 11.1. The van der Waals surface area contributed by atoms with Gasteiger partial charge in [0.15, 0.2) is 0 Å². The predicted molar refractivity (Wildman–Crippen MR) is 67.5 cm³/mol. The zero-order valence-electron chi connectivity index (χ0n) is 9.55. The molecule has 1 N–H and O–H groups in total. The first-order valence-electron chi connectivity index (χ1n) is 5.19. The van der Waals surface area contributed by atoms with Gasteiger partial charge in [-0.3, -0.25) is 4.98 Å². The average molecular weight is 264 g/mol. The van der Waals surface area contributed by atoms with Gasteiger partial charge in [0, 0.05) is 18.5 Å². The van der Waals surface area contributed by atoms with Crippen LogP contribution in [0.1, 0.15) is 15.9 Å². The molecule has 18 heavy (non-hydrogen) atoms. The van der Waals surface area contributed by atoms with Crippen molar-refractivity contribution in [3.63, 3.8) is 0 Å². The van der Waals surface area contributed by atoms with Crippen LogP contribution in [-0.4, -0.2) is 16.1 Å². The Morgan fingerprint density at radius 3 is 2.78 bits per heavy atom. The van der Waals surface area contributed by atoms with Gasteiger partial charge < -0.3 is 9.84 Å². The standard InChI is InChI=1S/C13H10ClNO3/c1-8-2-3-9(13(16)17)12(6-8)18-11-4-5-15-7-10(11)14/h2-7H,1H3,(H,16,17). The third-order valence-corrected chi connectivity index (χ3v) is 2.61. The van der Waals surface area contributed by atoms with E-state index >= 15 is 0 Å². The topological polar surface area (TPSA) is 59.4 Å². The lowest BCUT2D eigenvalue weighted by Crippen LogP contribution is -2.00. The zero-order valence-corrected chi connectivity index (χ0v) is 10.3. The lowest BCUT2D eigenvalue weighted by molar-refractivity contribution is 0.0694. The Labute approximate surface area is 109 Å². The molecule has 0 aliphatic rings. The number of aromatic carboxylic acids is 1. The molecule has 4 nitrogen and oxygen atoms in total. The first-order chi connectivity index (χ1) is 8.58. The monoisotopic (exact) mass is 263 g/mol. The molecule has 0 spiro atoms. The van der Waals surface area contributed by atoms with Gasteiger partial charge in [0.1, 0.15) is 22.1 Å². The predicted octanol–water partition coefficient (Wildman–Crippen LogP) is 3.53. The minimum atomic E-state index is -1.05. The molecule has 0 fully saturated rings. The second kappa shape index (κ2) is 5.06. The number of aryl methyl sites for hydroxylation is 1. The largest absolute Gasteiger partial charge is 0.478 e. The third kappa shape index (κ3) is 2.60. The zero-order chi connectivity index (χ0) is 13.1. The normalized spacial score (nSPS) is 10.1. The van der Waals surface area contributed by atoms with Crippen LogP contribution < -0.4 is 4.74 Å². The molecule has 0 bridgehead atoms. The number of nitrogens with zero attached hydrogens (tertiary/aromatic N) is 1. The van der Waals surface area contributed by atoms with E-state index in [1.54, 1.807) is 18.2 Å². The fraction of sp³-hybridized carbons (Fsp3) is 0.0769. The number of halogens is 1. The Morgan fingerprint density at radius 1 is 1.33 bits per heavy atom. The first kappa shape index (κ1) is 12.4. The van der Waals surface area contributed by atoms with Crippen molar-refractivity contribution in [1.82, 2.24) is 4.98 Å². The number of aromatic nitrogens is 1.